The third kappa shape index (κ3) is 2.82. The van der Waals surface area contributed by atoms with E-state index < -0.39 is 0 Å². The number of hydrogen-bond acceptors (Lipinski definition) is 5. The van der Waals surface area contributed by atoms with Crippen molar-refractivity contribution in [2.75, 3.05) is 26.8 Å². The van der Waals surface area contributed by atoms with Gasteiger partial charge in [-0.2, -0.15) is 0 Å². The molecule has 1 fully saturated rings. The maximum Gasteiger partial charge on any atom is 0.242 e. The molecule has 1 aromatic carbocycles. The van der Waals surface area contributed by atoms with Crippen molar-refractivity contribution in [2.24, 2.45) is 0 Å². The fourth-order valence-electron chi connectivity index (χ4n) is 2.26. The number of amides is 1. The number of carbonyl (C=O) groups is 1. The molecular formula is C14H17N3O2S. The number of fused-ring (bicyclic) bond motifs is 1. The number of hydrogen-bond donors (Lipinski definition) is 1. The van der Waals surface area contributed by atoms with Gasteiger partial charge in [-0.3, -0.25) is 4.79 Å². The van der Waals surface area contributed by atoms with Gasteiger partial charge in [0.05, 0.1) is 30.0 Å². The molecule has 1 aromatic heterocycles. The Morgan fingerprint density at radius 1 is 1.55 bits per heavy atom. The zero-order chi connectivity index (χ0) is 13.9. The topological polar surface area (TPSA) is 54.5 Å². The van der Waals surface area contributed by atoms with Crippen LogP contribution in [0.25, 0.3) is 10.2 Å². The van der Waals surface area contributed by atoms with Crippen molar-refractivity contribution < 1.29 is 9.53 Å². The maximum absolute atomic E-state index is 12.3. The number of likely N-dealkylation sites (N-methyl/N-ethyl adjacent to an activating group) is 1. The van der Waals surface area contributed by atoms with Crippen LogP contribution < -0.4 is 5.32 Å². The quantitative estimate of drug-likeness (QED) is 0.924. The van der Waals surface area contributed by atoms with Gasteiger partial charge in [0.15, 0.2) is 0 Å². The van der Waals surface area contributed by atoms with Gasteiger partial charge in [0.1, 0.15) is 11.0 Å². The first-order valence-corrected chi connectivity index (χ1v) is 7.46. The lowest BCUT2D eigenvalue weighted by molar-refractivity contribution is -0.135. The Balaban J connectivity index is 1.68. The molecule has 1 aliphatic heterocycles. The minimum Gasteiger partial charge on any atom is -0.378 e. The summed E-state index contributed by atoms with van der Waals surface area (Å²) >= 11 is 1.63. The summed E-state index contributed by atoms with van der Waals surface area (Å²) in [6.07, 6.45) is 0. The summed E-state index contributed by atoms with van der Waals surface area (Å²) in [4.78, 5) is 18.5. The highest BCUT2D eigenvalue weighted by atomic mass is 32.1. The van der Waals surface area contributed by atoms with Gasteiger partial charge in [-0.25, -0.2) is 4.98 Å². The van der Waals surface area contributed by atoms with Crippen molar-refractivity contribution in [3.05, 3.63) is 29.3 Å². The number of rotatable bonds is 3. The predicted molar refractivity (Wildman–Crippen MR) is 78.7 cm³/mol. The third-order valence-corrected chi connectivity index (χ3v) is 4.33. The average molecular weight is 291 g/mol. The number of aromatic nitrogens is 1. The van der Waals surface area contributed by atoms with E-state index in [1.165, 1.54) is 0 Å². The highest BCUT2D eigenvalue weighted by Crippen LogP contribution is 2.22. The standard InChI is InChI=1S/C14H17N3O2S/c1-17(14(18)11-9-19-7-6-15-11)8-13-16-10-4-2-3-5-12(10)20-13/h2-5,11,15H,6-9H2,1H3. The van der Waals surface area contributed by atoms with Crippen molar-refractivity contribution >= 4 is 27.5 Å². The molecule has 0 aliphatic carbocycles. The molecule has 3 rings (SSSR count). The van der Waals surface area contributed by atoms with E-state index in [1.54, 1.807) is 16.2 Å². The largest absolute Gasteiger partial charge is 0.378 e. The van der Waals surface area contributed by atoms with E-state index >= 15 is 0 Å². The molecule has 0 saturated carbocycles. The molecule has 1 saturated heterocycles. The van der Waals surface area contributed by atoms with Crippen LogP contribution in [0.2, 0.25) is 0 Å². The molecule has 0 bridgehead atoms. The molecule has 0 radical (unpaired) electrons. The van der Waals surface area contributed by atoms with Crippen molar-refractivity contribution in [1.82, 2.24) is 15.2 Å². The van der Waals surface area contributed by atoms with Crippen LogP contribution in [0.15, 0.2) is 24.3 Å². The van der Waals surface area contributed by atoms with Crippen LogP contribution >= 0.6 is 11.3 Å². The lowest BCUT2D eigenvalue weighted by Gasteiger charge is -2.27. The van der Waals surface area contributed by atoms with Crippen LogP contribution in [-0.4, -0.2) is 48.6 Å². The molecule has 20 heavy (non-hydrogen) atoms. The summed E-state index contributed by atoms with van der Waals surface area (Å²) < 4.78 is 6.48. The van der Waals surface area contributed by atoms with E-state index in [9.17, 15) is 4.79 Å². The van der Waals surface area contributed by atoms with E-state index in [0.717, 1.165) is 21.8 Å². The average Bonchev–Trinajstić information content (AvgIpc) is 2.89. The van der Waals surface area contributed by atoms with Crippen LogP contribution in [0.4, 0.5) is 0 Å². The van der Waals surface area contributed by atoms with Crippen molar-refractivity contribution in [3.8, 4) is 0 Å². The van der Waals surface area contributed by atoms with Gasteiger partial charge in [-0.15, -0.1) is 11.3 Å². The number of ether oxygens (including phenoxy) is 1. The SMILES string of the molecule is CN(Cc1nc2ccccc2s1)C(=O)C1COCCN1. The van der Waals surface area contributed by atoms with E-state index in [0.29, 0.717) is 19.8 Å². The van der Waals surface area contributed by atoms with Crippen LogP contribution in [0.5, 0.6) is 0 Å². The van der Waals surface area contributed by atoms with Crippen LogP contribution in [-0.2, 0) is 16.1 Å². The summed E-state index contributed by atoms with van der Waals surface area (Å²) in [5, 5.41) is 4.14. The molecule has 6 heteroatoms. The minimum absolute atomic E-state index is 0.0592. The molecular weight excluding hydrogens is 274 g/mol. The monoisotopic (exact) mass is 291 g/mol. The van der Waals surface area contributed by atoms with Gasteiger partial charge in [0, 0.05) is 13.6 Å². The van der Waals surface area contributed by atoms with Crippen LogP contribution in [0, 0.1) is 0 Å². The molecule has 1 N–H and O–H groups in total. The molecule has 5 nitrogen and oxygen atoms in total. The number of thiazole rings is 1. The van der Waals surface area contributed by atoms with Crippen LogP contribution in [0.1, 0.15) is 5.01 Å². The number of benzene rings is 1. The highest BCUT2D eigenvalue weighted by molar-refractivity contribution is 7.18. The fraction of sp³-hybridized carbons (Fsp3) is 0.429. The van der Waals surface area contributed by atoms with Gasteiger partial charge in [-0.1, -0.05) is 12.1 Å². The summed E-state index contributed by atoms with van der Waals surface area (Å²) in [5.41, 5.74) is 0.993. The Labute approximate surface area is 121 Å². The molecule has 1 amide bonds. The smallest absolute Gasteiger partial charge is 0.242 e. The number of nitrogens with zero attached hydrogens (tertiary/aromatic N) is 2. The molecule has 0 spiro atoms. The summed E-state index contributed by atoms with van der Waals surface area (Å²) in [6, 6.07) is 7.79. The van der Waals surface area contributed by atoms with Gasteiger partial charge in [-0.05, 0) is 12.1 Å². The Hall–Kier alpha value is -1.50. The second-order valence-corrected chi connectivity index (χ2v) is 5.97. The van der Waals surface area contributed by atoms with Crippen molar-refractivity contribution in [1.29, 1.82) is 0 Å². The van der Waals surface area contributed by atoms with Gasteiger partial charge < -0.3 is 15.0 Å². The minimum atomic E-state index is -0.233. The molecule has 106 valence electrons. The van der Waals surface area contributed by atoms with Crippen molar-refractivity contribution in [2.45, 2.75) is 12.6 Å². The maximum atomic E-state index is 12.3. The van der Waals surface area contributed by atoms with E-state index in [1.807, 2.05) is 25.2 Å². The first-order valence-electron chi connectivity index (χ1n) is 6.64. The van der Waals surface area contributed by atoms with Gasteiger partial charge in [0.25, 0.3) is 0 Å². The second kappa shape index (κ2) is 5.87. The van der Waals surface area contributed by atoms with E-state index in [4.69, 9.17) is 4.74 Å². The third-order valence-electron chi connectivity index (χ3n) is 3.31. The van der Waals surface area contributed by atoms with Crippen LogP contribution in [0.3, 0.4) is 0 Å². The Kier molecular flexibility index (Phi) is 3.95. The van der Waals surface area contributed by atoms with Gasteiger partial charge in [0.2, 0.25) is 5.91 Å². The summed E-state index contributed by atoms with van der Waals surface area (Å²) in [5.74, 6) is 0.0592. The predicted octanol–water partition coefficient (Wildman–Crippen LogP) is 1.24. The highest BCUT2D eigenvalue weighted by Gasteiger charge is 2.24. The number of nitrogens with one attached hydrogen (secondary N) is 1. The van der Waals surface area contributed by atoms with E-state index in [2.05, 4.69) is 16.4 Å². The first kappa shape index (κ1) is 13.5. The zero-order valence-corrected chi connectivity index (χ0v) is 12.2. The lowest BCUT2D eigenvalue weighted by Crippen LogP contribution is -2.51. The number of para-hydroxylation sites is 1. The molecule has 2 heterocycles. The molecule has 1 aliphatic rings. The Morgan fingerprint density at radius 3 is 3.15 bits per heavy atom. The van der Waals surface area contributed by atoms with E-state index in [-0.39, 0.29) is 11.9 Å². The lowest BCUT2D eigenvalue weighted by atomic mass is 10.2. The molecule has 1 unspecified atom stereocenters. The molecule has 2 aromatic rings. The fourth-order valence-corrected chi connectivity index (χ4v) is 3.28. The zero-order valence-electron chi connectivity index (χ0n) is 11.3. The summed E-state index contributed by atoms with van der Waals surface area (Å²) in [7, 11) is 1.81. The normalized spacial score (nSPS) is 19.1. The molecule has 1 atom stereocenters. The van der Waals surface area contributed by atoms with Gasteiger partial charge >= 0.3 is 0 Å². The number of carbonyl (C=O) groups excluding carboxylic acids is 1. The Morgan fingerprint density at radius 2 is 2.40 bits per heavy atom. The van der Waals surface area contributed by atoms with Crippen molar-refractivity contribution in [3.63, 3.8) is 0 Å². The first-order chi connectivity index (χ1) is 9.74. The summed E-state index contributed by atoms with van der Waals surface area (Å²) in [6.45, 7) is 2.39. The number of morpholine rings is 1. The second-order valence-electron chi connectivity index (χ2n) is 4.85. The Bertz CT molecular complexity index is 574.